The Bertz CT molecular complexity index is 434. The van der Waals surface area contributed by atoms with Gasteiger partial charge in [0.1, 0.15) is 11.5 Å². The highest BCUT2D eigenvalue weighted by Gasteiger charge is 2.08. The van der Waals surface area contributed by atoms with Gasteiger partial charge >= 0.3 is 0 Å². The average molecular weight is 208 g/mol. The number of carbonyl (C=O) groups excluding carboxylic acids is 1. The first-order chi connectivity index (χ1) is 6.75. The molecule has 72 valence electrons. The van der Waals surface area contributed by atoms with Gasteiger partial charge in [0.15, 0.2) is 0 Å². The van der Waals surface area contributed by atoms with Crippen LogP contribution < -0.4 is 11.1 Å². The van der Waals surface area contributed by atoms with Crippen molar-refractivity contribution in [1.82, 2.24) is 10.2 Å². The van der Waals surface area contributed by atoms with Crippen molar-refractivity contribution in [2.24, 2.45) is 0 Å². The molecule has 2 aromatic rings. The summed E-state index contributed by atoms with van der Waals surface area (Å²) in [6.07, 6.45) is 0. The first kappa shape index (κ1) is 8.76. The molecule has 5 nitrogen and oxygen atoms in total. The Morgan fingerprint density at radius 2 is 2.50 bits per heavy atom. The second kappa shape index (κ2) is 3.51. The summed E-state index contributed by atoms with van der Waals surface area (Å²) in [5.74, 6) is 0.0630. The van der Waals surface area contributed by atoms with Crippen molar-refractivity contribution in [2.75, 3.05) is 11.1 Å². The number of hydrogen-bond donors (Lipinski definition) is 3. The van der Waals surface area contributed by atoms with Crippen LogP contribution in [0.1, 0.15) is 10.5 Å². The summed E-state index contributed by atoms with van der Waals surface area (Å²) in [5, 5.41) is 12.6. The minimum atomic E-state index is -0.243. The van der Waals surface area contributed by atoms with E-state index in [9.17, 15) is 4.79 Å². The molecule has 1 amide bonds. The molecule has 0 aliphatic rings. The summed E-state index contributed by atoms with van der Waals surface area (Å²) in [7, 11) is 0. The maximum atomic E-state index is 11.5. The Balaban J connectivity index is 2.10. The number of aromatic amines is 1. The highest BCUT2D eigenvalue weighted by molar-refractivity contribution is 7.08. The fourth-order valence-electron chi connectivity index (χ4n) is 0.988. The van der Waals surface area contributed by atoms with Crippen molar-refractivity contribution < 1.29 is 4.79 Å². The van der Waals surface area contributed by atoms with Gasteiger partial charge in [-0.2, -0.15) is 16.4 Å². The van der Waals surface area contributed by atoms with Gasteiger partial charge in [0, 0.05) is 11.4 Å². The fourth-order valence-corrected chi connectivity index (χ4v) is 1.58. The van der Waals surface area contributed by atoms with Crippen LogP contribution >= 0.6 is 11.3 Å². The van der Waals surface area contributed by atoms with E-state index in [2.05, 4.69) is 15.5 Å². The zero-order chi connectivity index (χ0) is 9.97. The summed E-state index contributed by atoms with van der Waals surface area (Å²) < 4.78 is 0. The minimum absolute atomic E-state index is 0.243. The number of thiophene rings is 1. The monoisotopic (exact) mass is 208 g/mol. The van der Waals surface area contributed by atoms with Crippen molar-refractivity contribution in [1.29, 1.82) is 0 Å². The van der Waals surface area contributed by atoms with Crippen LogP contribution in [0.3, 0.4) is 0 Å². The van der Waals surface area contributed by atoms with Gasteiger partial charge in [0.25, 0.3) is 5.91 Å². The van der Waals surface area contributed by atoms with Gasteiger partial charge in [0.05, 0.1) is 5.69 Å². The number of H-pyrrole nitrogens is 1. The Morgan fingerprint density at radius 3 is 3.07 bits per heavy atom. The van der Waals surface area contributed by atoms with E-state index in [1.807, 2.05) is 16.8 Å². The van der Waals surface area contributed by atoms with E-state index in [0.29, 0.717) is 11.5 Å². The van der Waals surface area contributed by atoms with Crippen LogP contribution in [0.15, 0.2) is 22.9 Å². The fraction of sp³-hybridized carbons (Fsp3) is 0. The molecule has 4 N–H and O–H groups in total. The highest BCUT2D eigenvalue weighted by atomic mass is 32.1. The van der Waals surface area contributed by atoms with E-state index >= 15 is 0 Å². The summed E-state index contributed by atoms with van der Waals surface area (Å²) >= 11 is 1.52. The van der Waals surface area contributed by atoms with Gasteiger partial charge in [0.2, 0.25) is 0 Å². The molecule has 2 heterocycles. The molecule has 0 aliphatic carbocycles. The number of nitrogens with two attached hydrogens (primary N) is 1. The Morgan fingerprint density at radius 1 is 1.64 bits per heavy atom. The zero-order valence-corrected chi connectivity index (χ0v) is 7.97. The van der Waals surface area contributed by atoms with Crippen LogP contribution in [0.25, 0.3) is 0 Å². The molecule has 2 aromatic heterocycles. The van der Waals surface area contributed by atoms with E-state index in [0.717, 1.165) is 5.69 Å². The molecular formula is C8H8N4OS. The van der Waals surface area contributed by atoms with E-state index < -0.39 is 0 Å². The molecule has 0 saturated carbocycles. The molecule has 0 atom stereocenters. The number of nitrogens with one attached hydrogen (secondary N) is 2. The lowest BCUT2D eigenvalue weighted by Crippen LogP contribution is -2.11. The van der Waals surface area contributed by atoms with Crippen LogP contribution in [0, 0.1) is 0 Å². The third-order valence-corrected chi connectivity index (χ3v) is 2.30. The Kier molecular flexibility index (Phi) is 2.19. The molecule has 0 radical (unpaired) electrons. The van der Waals surface area contributed by atoms with Crippen LogP contribution in [0.5, 0.6) is 0 Å². The van der Waals surface area contributed by atoms with E-state index in [-0.39, 0.29) is 5.91 Å². The predicted molar refractivity (Wildman–Crippen MR) is 55.3 cm³/mol. The van der Waals surface area contributed by atoms with Crippen molar-refractivity contribution in [2.45, 2.75) is 0 Å². The maximum absolute atomic E-state index is 11.5. The van der Waals surface area contributed by atoms with Crippen molar-refractivity contribution >= 4 is 28.7 Å². The highest BCUT2D eigenvalue weighted by Crippen LogP contribution is 2.13. The van der Waals surface area contributed by atoms with Crippen LogP contribution in [0.2, 0.25) is 0 Å². The molecule has 0 spiro atoms. The molecule has 0 saturated heterocycles. The lowest BCUT2D eigenvalue weighted by molar-refractivity contribution is 0.102. The summed E-state index contributed by atoms with van der Waals surface area (Å²) in [6.45, 7) is 0. The summed E-state index contributed by atoms with van der Waals surface area (Å²) in [4.78, 5) is 11.5. The number of nitrogens with zero attached hydrogens (tertiary/aromatic N) is 1. The number of hydrogen-bond acceptors (Lipinski definition) is 4. The van der Waals surface area contributed by atoms with Crippen LogP contribution in [-0.4, -0.2) is 16.1 Å². The van der Waals surface area contributed by atoms with Gasteiger partial charge in [-0.05, 0) is 11.4 Å². The predicted octanol–water partition coefficient (Wildman–Crippen LogP) is 1.31. The van der Waals surface area contributed by atoms with Gasteiger partial charge in [-0.3, -0.25) is 9.89 Å². The summed E-state index contributed by atoms with van der Waals surface area (Å²) in [5.41, 5.74) is 6.50. The third-order valence-electron chi connectivity index (χ3n) is 1.62. The second-order valence-electron chi connectivity index (χ2n) is 2.67. The zero-order valence-electron chi connectivity index (χ0n) is 7.15. The van der Waals surface area contributed by atoms with Crippen molar-refractivity contribution in [3.05, 3.63) is 28.6 Å². The van der Waals surface area contributed by atoms with Gasteiger partial charge in [-0.25, -0.2) is 0 Å². The number of amides is 1. The normalized spacial score (nSPS) is 10.0. The Hall–Kier alpha value is -1.82. The van der Waals surface area contributed by atoms with Crippen molar-refractivity contribution in [3.8, 4) is 0 Å². The number of aromatic nitrogens is 2. The molecule has 6 heteroatoms. The summed E-state index contributed by atoms with van der Waals surface area (Å²) in [6, 6.07) is 3.31. The SMILES string of the molecule is Nc1cc(C(=O)Nc2ccsc2)[nH]n1. The molecule has 14 heavy (non-hydrogen) atoms. The first-order valence-corrected chi connectivity index (χ1v) is 4.84. The number of anilines is 2. The number of carbonyl (C=O) groups is 1. The minimum Gasteiger partial charge on any atom is -0.382 e. The lowest BCUT2D eigenvalue weighted by Gasteiger charge is -1.98. The molecule has 0 bridgehead atoms. The lowest BCUT2D eigenvalue weighted by atomic mass is 10.4. The standard InChI is InChI=1S/C8H8N4OS/c9-7-3-6(11-12-7)8(13)10-5-1-2-14-4-5/h1-4H,(H,10,13)(H3,9,11,12). The molecule has 0 aromatic carbocycles. The average Bonchev–Trinajstić information content (AvgIpc) is 2.75. The van der Waals surface area contributed by atoms with E-state index in [1.54, 1.807) is 0 Å². The number of nitrogen functional groups attached to an aromatic ring is 1. The largest absolute Gasteiger partial charge is 0.382 e. The topological polar surface area (TPSA) is 83.8 Å². The molecular weight excluding hydrogens is 200 g/mol. The quantitative estimate of drug-likeness (QED) is 0.695. The van der Waals surface area contributed by atoms with Gasteiger partial charge in [-0.15, -0.1) is 0 Å². The Labute approximate surface area is 83.9 Å². The molecule has 0 aliphatic heterocycles. The van der Waals surface area contributed by atoms with Crippen LogP contribution in [-0.2, 0) is 0 Å². The van der Waals surface area contributed by atoms with E-state index in [1.165, 1.54) is 17.4 Å². The third kappa shape index (κ3) is 1.74. The van der Waals surface area contributed by atoms with Gasteiger partial charge in [-0.1, -0.05) is 0 Å². The second-order valence-corrected chi connectivity index (χ2v) is 3.45. The van der Waals surface area contributed by atoms with E-state index in [4.69, 9.17) is 5.73 Å². The van der Waals surface area contributed by atoms with Crippen molar-refractivity contribution in [3.63, 3.8) is 0 Å². The van der Waals surface area contributed by atoms with Crippen LogP contribution in [0.4, 0.5) is 11.5 Å². The number of rotatable bonds is 2. The first-order valence-electron chi connectivity index (χ1n) is 3.90. The molecule has 0 unspecified atom stereocenters. The maximum Gasteiger partial charge on any atom is 0.273 e. The molecule has 2 rings (SSSR count). The van der Waals surface area contributed by atoms with Gasteiger partial charge < -0.3 is 11.1 Å². The molecule has 0 fully saturated rings. The smallest absolute Gasteiger partial charge is 0.273 e.